The first kappa shape index (κ1) is 19.6. The Hall–Kier alpha value is -3.39. The fraction of sp³-hybridized carbons (Fsp3) is 0.261. The number of carbonyl (C=O) groups excluding carboxylic acids is 2. The summed E-state index contributed by atoms with van der Waals surface area (Å²) in [6.45, 7) is 4.06. The molecule has 0 radical (unpaired) electrons. The Bertz CT molecular complexity index is 1180. The highest BCUT2D eigenvalue weighted by Crippen LogP contribution is 2.35. The van der Waals surface area contributed by atoms with E-state index in [0.29, 0.717) is 17.9 Å². The Morgan fingerprint density at radius 3 is 2.71 bits per heavy atom. The van der Waals surface area contributed by atoms with Crippen molar-refractivity contribution in [2.45, 2.75) is 32.4 Å². The van der Waals surface area contributed by atoms with Crippen LogP contribution in [0.15, 0.2) is 48.5 Å². The molecule has 1 N–H and O–H groups in total. The number of urea groups is 1. The van der Waals surface area contributed by atoms with Crippen molar-refractivity contribution >= 4 is 23.3 Å². The van der Waals surface area contributed by atoms with Crippen molar-refractivity contribution in [2.75, 3.05) is 6.79 Å². The number of nitrogens with zero attached hydrogens (tertiary/aromatic N) is 2. The van der Waals surface area contributed by atoms with Crippen LogP contribution in [0, 0.1) is 6.92 Å². The quantitative estimate of drug-likeness (QED) is 0.615. The first-order chi connectivity index (χ1) is 14.9. The van der Waals surface area contributed by atoms with Crippen LogP contribution in [0.5, 0.6) is 11.5 Å². The number of aromatic nitrogens is 1. The number of rotatable bonds is 5. The Morgan fingerprint density at radius 2 is 1.90 bits per heavy atom. The van der Waals surface area contributed by atoms with Gasteiger partial charge in [-0.3, -0.25) is 9.69 Å². The highest BCUT2D eigenvalue weighted by Gasteiger charge is 2.48. The highest BCUT2D eigenvalue weighted by molar-refractivity contribution is 7.15. The zero-order chi connectivity index (χ0) is 21.6. The summed E-state index contributed by atoms with van der Waals surface area (Å²) in [5.74, 6) is 1.10. The molecule has 0 aliphatic carbocycles. The summed E-state index contributed by atoms with van der Waals surface area (Å²) in [6.07, 6.45) is 0.363. The van der Waals surface area contributed by atoms with Gasteiger partial charge in [0.15, 0.2) is 11.5 Å². The van der Waals surface area contributed by atoms with Crippen LogP contribution in [0.2, 0.25) is 0 Å². The molecule has 1 fully saturated rings. The number of thiazole rings is 1. The van der Waals surface area contributed by atoms with E-state index in [0.717, 1.165) is 26.7 Å². The van der Waals surface area contributed by atoms with Crippen molar-refractivity contribution in [3.8, 4) is 22.1 Å². The van der Waals surface area contributed by atoms with Gasteiger partial charge in [0.2, 0.25) is 6.79 Å². The summed E-state index contributed by atoms with van der Waals surface area (Å²) < 4.78 is 10.8. The normalized spacial score (nSPS) is 19.7. The molecule has 0 spiro atoms. The van der Waals surface area contributed by atoms with Crippen LogP contribution in [0.4, 0.5) is 4.79 Å². The minimum absolute atomic E-state index is 0.193. The maximum atomic E-state index is 13.2. The molecule has 1 saturated heterocycles. The van der Waals surface area contributed by atoms with E-state index in [2.05, 4.69) is 10.3 Å². The molecule has 1 aromatic heterocycles. The number of benzene rings is 2. The Kier molecular flexibility index (Phi) is 4.66. The van der Waals surface area contributed by atoms with Crippen LogP contribution >= 0.6 is 11.3 Å². The Balaban J connectivity index is 1.35. The number of aryl methyl sites for hydroxylation is 1. The molecule has 1 unspecified atom stereocenters. The molecule has 31 heavy (non-hydrogen) atoms. The first-order valence-electron chi connectivity index (χ1n) is 9.97. The molecule has 7 nitrogen and oxygen atoms in total. The summed E-state index contributed by atoms with van der Waals surface area (Å²) >= 11 is 1.51. The third-order valence-electron chi connectivity index (χ3n) is 5.55. The third kappa shape index (κ3) is 3.53. The average molecular weight is 436 g/mol. The zero-order valence-corrected chi connectivity index (χ0v) is 18.0. The molecule has 158 valence electrons. The number of fused-ring (bicyclic) bond motifs is 1. The maximum absolute atomic E-state index is 13.2. The molecule has 3 heterocycles. The van der Waals surface area contributed by atoms with E-state index >= 15 is 0 Å². The first-order valence-corrected chi connectivity index (χ1v) is 10.8. The molecule has 1 atom stereocenters. The van der Waals surface area contributed by atoms with E-state index in [1.165, 1.54) is 16.2 Å². The number of hydrogen-bond donors (Lipinski definition) is 1. The van der Waals surface area contributed by atoms with Crippen LogP contribution in [0.25, 0.3) is 10.6 Å². The maximum Gasteiger partial charge on any atom is 0.325 e. The van der Waals surface area contributed by atoms with E-state index in [1.807, 2.05) is 55.5 Å². The van der Waals surface area contributed by atoms with Gasteiger partial charge in [0.05, 0.1) is 12.2 Å². The summed E-state index contributed by atoms with van der Waals surface area (Å²) in [7, 11) is 0. The Morgan fingerprint density at radius 1 is 1.13 bits per heavy atom. The van der Waals surface area contributed by atoms with Gasteiger partial charge in [-0.05, 0) is 31.5 Å². The lowest BCUT2D eigenvalue weighted by molar-refractivity contribution is -0.131. The largest absolute Gasteiger partial charge is 0.454 e. The van der Waals surface area contributed by atoms with E-state index in [4.69, 9.17) is 9.47 Å². The topological polar surface area (TPSA) is 80.8 Å². The van der Waals surface area contributed by atoms with E-state index in [1.54, 1.807) is 6.92 Å². The second-order valence-electron chi connectivity index (χ2n) is 7.91. The number of hydrogen-bond acceptors (Lipinski definition) is 6. The second-order valence-corrected chi connectivity index (χ2v) is 9.00. The second kappa shape index (κ2) is 7.39. The van der Waals surface area contributed by atoms with Crippen molar-refractivity contribution in [1.82, 2.24) is 15.2 Å². The van der Waals surface area contributed by atoms with Gasteiger partial charge in [0.25, 0.3) is 5.91 Å². The van der Waals surface area contributed by atoms with Gasteiger partial charge >= 0.3 is 6.03 Å². The predicted molar refractivity (Wildman–Crippen MR) is 116 cm³/mol. The van der Waals surface area contributed by atoms with Gasteiger partial charge in [0, 0.05) is 16.9 Å². The van der Waals surface area contributed by atoms with Crippen molar-refractivity contribution in [3.05, 3.63) is 64.7 Å². The minimum atomic E-state index is -1.02. The number of nitrogens with one attached hydrogen (secondary N) is 1. The fourth-order valence-corrected chi connectivity index (χ4v) is 4.95. The van der Waals surface area contributed by atoms with Crippen LogP contribution in [-0.2, 0) is 17.8 Å². The molecule has 2 aromatic carbocycles. The monoisotopic (exact) mass is 435 g/mol. The minimum Gasteiger partial charge on any atom is -0.454 e. The number of carbonyl (C=O) groups is 2. The third-order valence-corrected chi connectivity index (χ3v) is 6.75. The fourth-order valence-electron chi connectivity index (χ4n) is 3.89. The van der Waals surface area contributed by atoms with Crippen molar-refractivity contribution in [2.24, 2.45) is 0 Å². The van der Waals surface area contributed by atoms with E-state index in [9.17, 15) is 9.59 Å². The van der Waals surface area contributed by atoms with Gasteiger partial charge in [-0.15, -0.1) is 11.3 Å². The lowest BCUT2D eigenvalue weighted by atomic mass is 9.92. The molecule has 0 bridgehead atoms. The Labute approximate surface area is 183 Å². The van der Waals surface area contributed by atoms with Crippen molar-refractivity contribution < 1.29 is 19.1 Å². The SMILES string of the molecule is Cc1nc(-c2ccccc2)sc1CN1C(=O)NC(C)(Cc2ccc3c(c2)OCO3)C1=O. The molecule has 3 amide bonds. The summed E-state index contributed by atoms with van der Waals surface area (Å²) in [4.78, 5) is 32.8. The van der Waals surface area contributed by atoms with Gasteiger partial charge in [-0.1, -0.05) is 36.4 Å². The molecule has 8 heteroatoms. The summed E-state index contributed by atoms with van der Waals surface area (Å²) in [6, 6.07) is 15.1. The zero-order valence-electron chi connectivity index (χ0n) is 17.2. The average Bonchev–Trinajstić information content (AvgIpc) is 3.42. The van der Waals surface area contributed by atoms with Gasteiger partial charge < -0.3 is 14.8 Å². The lowest BCUT2D eigenvalue weighted by Crippen LogP contribution is -2.45. The highest BCUT2D eigenvalue weighted by atomic mass is 32.1. The predicted octanol–water partition coefficient (Wildman–Crippen LogP) is 3.90. The molecule has 0 saturated carbocycles. The van der Waals surface area contributed by atoms with Crippen LogP contribution in [0.1, 0.15) is 23.1 Å². The van der Waals surface area contributed by atoms with Gasteiger partial charge in [0.1, 0.15) is 10.5 Å². The number of imide groups is 1. The van der Waals surface area contributed by atoms with Gasteiger partial charge in [-0.2, -0.15) is 0 Å². The number of amides is 3. The number of ether oxygens (including phenoxy) is 2. The molecule has 2 aliphatic heterocycles. The standard InChI is InChI=1S/C23H21N3O4S/c1-14-19(31-20(24-14)16-6-4-3-5-7-16)12-26-21(27)23(2,25-22(26)28)11-15-8-9-17-18(10-15)30-13-29-17/h3-10H,11-13H2,1-2H3,(H,25,28). The van der Waals surface area contributed by atoms with E-state index < -0.39 is 5.54 Å². The molecule has 5 rings (SSSR count). The van der Waals surface area contributed by atoms with Crippen LogP contribution < -0.4 is 14.8 Å². The molecular formula is C23H21N3O4S. The summed E-state index contributed by atoms with van der Waals surface area (Å²) in [5, 5.41) is 3.75. The van der Waals surface area contributed by atoms with Crippen LogP contribution in [0.3, 0.4) is 0 Å². The lowest BCUT2D eigenvalue weighted by Gasteiger charge is -2.22. The summed E-state index contributed by atoms with van der Waals surface area (Å²) in [5.41, 5.74) is 1.72. The molecule has 3 aromatic rings. The smallest absolute Gasteiger partial charge is 0.325 e. The van der Waals surface area contributed by atoms with Crippen LogP contribution in [-0.4, -0.2) is 34.2 Å². The van der Waals surface area contributed by atoms with Gasteiger partial charge in [-0.25, -0.2) is 9.78 Å². The van der Waals surface area contributed by atoms with Crippen molar-refractivity contribution in [3.63, 3.8) is 0 Å². The van der Waals surface area contributed by atoms with Crippen molar-refractivity contribution in [1.29, 1.82) is 0 Å². The molecule has 2 aliphatic rings. The molecular weight excluding hydrogens is 414 g/mol. The van der Waals surface area contributed by atoms with E-state index in [-0.39, 0.29) is 25.3 Å².